The van der Waals surface area contributed by atoms with Gasteiger partial charge in [0.05, 0.1) is 6.61 Å². The zero-order valence-corrected chi connectivity index (χ0v) is 9.15. The van der Waals surface area contributed by atoms with Gasteiger partial charge in [0, 0.05) is 0 Å². The van der Waals surface area contributed by atoms with Crippen molar-refractivity contribution in [3.05, 3.63) is 23.0 Å². The number of pyridine rings is 1. The summed E-state index contributed by atoms with van der Waals surface area (Å²) in [5.41, 5.74) is 5.58. The third kappa shape index (κ3) is 3.05. The minimum absolute atomic E-state index is 0. The van der Waals surface area contributed by atoms with Gasteiger partial charge in [0.15, 0.2) is 10.9 Å². The van der Waals surface area contributed by atoms with E-state index in [-0.39, 0.29) is 23.4 Å². The fraction of sp³-hybridized carbons (Fsp3) is 0.250. The van der Waals surface area contributed by atoms with Crippen LogP contribution in [0.4, 0.5) is 0 Å². The van der Waals surface area contributed by atoms with Gasteiger partial charge in [-0.2, -0.15) is 0 Å². The molecule has 0 radical (unpaired) electrons. The summed E-state index contributed by atoms with van der Waals surface area (Å²) in [5, 5.41) is 7.35. The van der Waals surface area contributed by atoms with Crippen LogP contribution < -0.4 is 10.5 Å². The molecule has 0 saturated carbocycles. The summed E-state index contributed by atoms with van der Waals surface area (Å²) in [4.78, 5) is 3.88. The molecule has 1 heterocycles. The van der Waals surface area contributed by atoms with Crippen LogP contribution in [0.3, 0.4) is 0 Å². The van der Waals surface area contributed by atoms with Crippen molar-refractivity contribution in [3.63, 3.8) is 0 Å². The van der Waals surface area contributed by atoms with Crippen LogP contribution in [0.5, 0.6) is 5.75 Å². The highest BCUT2D eigenvalue weighted by Crippen LogP contribution is 2.21. The van der Waals surface area contributed by atoms with Crippen molar-refractivity contribution in [1.29, 1.82) is 5.41 Å². The molecule has 0 unspecified atom stereocenters. The number of hydrogen-bond donors (Lipinski definition) is 2. The summed E-state index contributed by atoms with van der Waals surface area (Å²) in [6.45, 7) is 2.38. The van der Waals surface area contributed by atoms with E-state index in [0.29, 0.717) is 18.1 Å². The van der Waals surface area contributed by atoms with Gasteiger partial charge in [0.2, 0.25) is 0 Å². The molecule has 14 heavy (non-hydrogen) atoms. The summed E-state index contributed by atoms with van der Waals surface area (Å²) in [6, 6.07) is 3.24. The van der Waals surface area contributed by atoms with Gasteiger partial charge in [-0.25, -0.2) is 4.98 Å². The van der Waals surface area contributed by atoms with E-state index in [9.17, 15) is 0 Å². The molecule has 0 bridgehead atoms. The van der Waals surface area contributed by atoms with Gasteiger partial charge in [0.25, 0.3) is 0 Å². The Morgan fingerprint density at radius 2 is 2.29 bits per heavy atom. The van der Waals surface area contributed by atoms with Crippen molar-refractivity contribution >= 4 is 29.8 Å². The van der Waals surface area contributed by atoms with Crippen LogP contribution in [0.25, 0.3) is 0 Å². The fourth-order valence-corrected chi connectivity index (χ4v) is 1.04. The largest absolute Gasteiger partial charge is 0.491 e. The molecular formula is C8H11Cl2N3O. The number of nitrogen functional groups attached to an aromatic ring is 1. The van der Waals surface area contributed by atoms with Crippen LogP contribution in [0.2, 0.25) is 5.15 Å². The van der Waals surface area contributed by atoms with Crippen molar-refractivity contribution in [2.75, 3.05) is 6.61 Å². The van der Waals surface area contributed by atoms with Crippen molar-refractivity contribution < 1.29 is 4.74 Å². The van der Waals surface area contributed by atoms with Gasteiger partial charge in [0.1, 0.15) is 11.5 Å². The number of nitrogens with zero attached hydrogens (tertiary/aromatic N) is 1. The lowest BCUT2D eigenvalue weighted by Crippen LogP contribution is -2.13. The molecule has 78 valence electrons. The number of amidine groups is 1. The third-order valence-corrected chi connectivity index (χ3v) is 1.66. The SMILES string of the molecule is CCOc1ccc(C(=N)N)nc1Cl.Cl. The first kappa shape index (κ1) is 13.0. The van der Waals surface area contributed by atoms with E-state index in [1.165, 1.54) is 0 Å². The van der Waals surface area contributed by atoms with E-state index < -0.39 is 0 Å². The Balaban J connectivity index is 0.00000169. The Morgan fingerprint density at radius 1 is 1.64 bits per heavy atom. The molecule has 0 spiro atoms. The summed E-state index contributed by atoms with van der Waals surface area (Å²) in [7, 11) is 0. The number of nitrogens with one attached hydrogen (secondary N) is 1. The first-order valence-corrected chi connectivity index (χ1v) is 4.16. The van der Waals surface area contributed by atoms with Crippen LogP contribution in [0.1, 0.15) is 12.6 Å². The van der Waals surface area contributed by atoms with Crippen LogP contribution in [0.15, 0.2) is 12.1 Å². The van der Waals surface area contributed by atoms with Crippen LogP contribution in [-0.4, -0.2) is 17.4 Å². The van der Waals surface area contributed by atoms with Crippen molar-refractivity contribution in [2.45, 2.75) is 6.92 Å². The van der Waals surface area contributed by atoms with E-state index in [4.69, 9.17) is 27.5 Å². The van der Waals surface area contributed by atoms with E-state index in [1.54, 1.807) is 12.1 Å². The molecule has 4 nitrogen and oxygen atoms in total. The molecule has 0 aliphatic rings. The van der Waals surface area contributed by atoms with E-state index >= 15 is 0 Å². The molecule has 1 rings (SSSR count). The van der Waals surface area contributed by atoms with Crippen LogP contribution in [0, 0.1) is 5.41 Å². The summed E-state index contributed by atoms with van der Waals surface area (Å²) >= 11 is 5.76. The highest BCUT2D eigenvalue weighted by molar-refractivity contribution is 6.31. The number of hydrogen-bond acceptors (Lipinski definition) is 3. The van der Waals surface area contributed by atoms with Gasteiger partial charge < -0.3 is 10.5 Å². The molecule has 0 aliphatic carbocycles. The van der Waals surface area contributed by atoms with Crippen molar-refractivity contribution in [2.24, 2.45) is 5.73 Å². The van der Waals surface area contributed by atoms with Crippen LogP contribution in [-0.2, 0) is 0 Å². The number of aromatic nitrogens is 1. The topological polar surface area (TPSA) is 72.0 Å². The quantitative estimate of drug-likeness (QED) is 0.477. The average Bonchev–Trinajstić information content (AvgIpc) is 2.08. The first-order valence-electron chi connectivity index (χ1n) is 3.79. The lowest BCUT2D eigenvalue weighted by molar-refractivity contribution is 0.339. The minimum Gasteiger partial charge on any atom is -0.491 e. The molecule has 3 N–H and O–H groups in total. The smallest absolute Gasteiger partial charge is 0.171 e. The maximum atomic E-state index is 7.12. The van der Waals surface area contributed by atoms with Gasteiger partial charge in [-0.3, -0.25) is 5.41 Å². The second-order valence-corrected chi connectivity index (χ2v) is 2.69. The standard InChI is InChI=1S/C8H10ClN3O.ClH/c1-2-13-6-4-3-5(8(10)11)12-7(6)9;/h3-4H,2H2,1H3,(H3,10,11);1H. The number of nitrogens with two attached hydrogens (primary N) is 1. The fourth-order valence-electron chi connectivity index (χ4n) is 0.835. The molecule has 0 aromatic carbocycles. The van der Waals surface area contributed by atoms with Crippen molar-refractivity contribution in [1.82, 2.24) is 4.98 Å². The molecule has 0 atom stereocenters. The first-order chi connectivity index (χ1) is 6.15. The third-order valence-electron chi connectivity index (χ3n) is 1.39. The van der Waals surface area contributed by atoms with E-state index in [0.717, 1.165) is 0 Å². The maximum Gasteiger partial charge on any atom is 0.171 e. The predicted octanol–water partition coefficient (Wildman–Crippen LogP) is 1.84. The molecule has 0 aliphatic heterocycles. The molecule has 1 aromatic heterocycles. The average molecular weight is 236 g/mol. The molecule has 6 heteroatoms. The number of halogens is 2. The second-order valence-electron chi connectivity index (χ2n) is 2.33. The summed E-state index contributed by atoms with van der Waals surface area (Å²) < 4.78 is 5.17. The molecule has 0 amide bonds. The Bertz CT molecular complexity index is 330. The zero-order chi connectivity index (χ0) is 9.84. The number of ether oxygens (including phenoxy) is 1. The highest BCUT2D eigenvalue weighted by atomic mass is 35.5. The zero-order valence-electron chi connectivity index (χ0n) is 7.58. The van der Waals surface area contributed by atoms with Crippen LogP contribution >= 0.6 is 24.0 Å². The minimum atomic E-state index is -0.107. The molecule has 1 aromatic rings. The van der Waals surface area contributed by atoms with E-state index in [2.05, 4.69) is 4.98 Å². The summed E-state index contributed by atoms with van der Waals surface area (Å²) in [6.07, 6.45) is 0. The van der Waals surface area contributed by atoms with E-state index in [1.807, 2.05) is 6.92 Å². The molecule has 0 saturated heterocycles. The monoisotopic (exact) mass is 235 g/mol. The Hall–Kier alpha value is -1.00. The van der Waals surface area contributed by atoms with Crippen molar-refractivity contribution in [3.8, 4) is 5.75 Å². The lowest BCUT2D eigenvalue weighted by Gasteiger charge is -2.05. The Morgan fingerprint density at radius 3 is 2.71 bits per heavy atom. The molecular weight excluding hydrogens is 225 g/mol. The maximum absolute atomic E-state index is 7.12. The summed E-state index contributed by atoms with van der Waals surface area (Å²) in [5.74, 6) is 0.402. The number of rotatable bonds is 3. The lowest BCUT2D eigenvalue weighted by atomic mass is 10.3. The molecule has 0 fully saturated rings. The predicted molar refractivity (Wildman–Crippen MR) is 58.7 cm³/mol. The van der Waals surface area contributed by atoms with Gasteiger partial charge in [-0.05, 0) is 19.1 Å². The van der Waals surface area contributed by atoms with Gasteiger partial charge in [-0.1, -0.05) is 11.6 Å². The van der Waals surface area contributed by atoms with Gasteiger partial charge in [-0.15, -0.1) is 12.4 Å². The second kappa shape index (κ2) is 5.67. The Labute approximate surface area is 93.3 Å². The Kier molecular flexibility index (Phi) is 5.27. The highest BCUT2D eigenvalue weighted by Gasteiger charge is 2.05. The van der Waals surface area contributed by atoms with Gasteiger partial charge >= 0.3 is 0 Å². The normalized spacial score (nSPS) is 9.00.